The molecule has 5 aliphatic rings. The fourth-order valence-corrected chi connectivity index (χ4v) is 6.05. The van der Waals surface area contributed by atoms with Gasteiger partial charge in [0.15, 0.2) is 0 Å². The molecule has 9 nitrogen and oxygen atoms in total. The lowest BCUT2D eigenvalue weighted by Gasteiger charge is -2.15. The van der Waals surface area contributed by atoms with Crippen molar-refractivity contribution in [1.29, 1.82) is 0 Å². The molecule has 2 atom stereocenters. The van der Waals surface area contributed by atoms with Gasteiger partial charge in [-0.1, -0.05) is 13.8 Å². The van der Waals surface area contributed by atoms with Crippen LogP contribution >= 0.6 is 0 Å². The van der Waals surface area contributed by atoms with Crippen LogP contribution in [0.5, 0.6) is 0 Å². The predicted molar refractivity (Wildman–Crippen MR) is 163 cm³/mol. The SMILES string of the molecule is CCC1=C(C)C2=CC3=NC(=C(C)/C3=C/O)C=C3NC(=CC4=NC(=CC1=N2)C(C)=C4C(=O)OC)[C@@H](CCC(=O)OC)[C@@H]3C. The summed E-state index contributed by atoms with van der Waals surface area (Å²) in [6.45, 7) is 10.00. The van der Waals surface area contributed by atoms with Crippen LogP contribution in [0.25, 0.3) is 0 Å². The van der Waals surface area contributed by atoms with Gasteiger partial charge in [0.2, 0.25) is 0 Å². The Balaban J connectivity index is 1.76. The maximum absolute atomic E-state index is 13.0. The standard InChI is InChI=1S/C33H36N4O5/c1-8-20-16(2)25-12-29-22(15-38)18(4)24(36-29)11-23-17(3)21(9-10-31(39)41-6)28(35-23)14-30-32(33(40)42-7)19(5)26(37-30)13-27(20)34-25/h11-15,17,21,35,38H,8-10H2,1-7H3/b22-15-,23-11?,25-12?,26-13?,28-14?/t17-,21-/m0/s1. The number of hydrogen-bond donors (Lipinski definition) is 2. The maximum Gasteiger partial charge on any atom is 0.340 e. The molecule has 2 N–H and O–H groups in total. The fourth-order valence-electron chi connectivity index (χ4n) is 6.05. The Morgan fingerprint density at radius 2 is 1.60 bits per heavy atom. The Morgan fingerprint density at radius 1 is 0.905 bits per heavy atom. The van der Waals surface area contributed by atoms with E-state index in [0.717, 1.165) is 57.9 Å². The van der Waals surface area contributed by atoms with Gasteiger partial charge in [-0.3, -0.25) is 4.79 Å². The number of carbonyl (C=O) groups excluding carboxylic acids is 2. The summed E-state index contributed by atoms with van der Waals surface area (Å²) in [5, 5.41) is 13.7. The second-order valence-corrected chi connectivity index (χ2v) is 10.9. The maximum atomic E-state index is 13.0. The molecule has 5 rings (SSSR count). The summed E-state index contributed by atoms with van der Waals surface area (Å²) in [5.74, 6) is -0.824. The average Bonchev–Trinajstić information content (AvgIpc) is 3.64. The van der Waals surface area contributed by atoms with Crippen molar-refractivity contribution in [2.75, 3.05) is 14.2 Å². The molecule has 1 fully saturated rings. The molecule has 5 aliphatic heterocycles. The number of ether oxygens (including phenoxy) is 2. The topological polar surface area (TPSA) is 122 Å². The van der Waals surface area contributed by atoms with Gasteiger partial charge in [-0.05, 0) is 80.2 Å². The van der Waals surface area contributed by atoms with Crippen LogP contribution in [0, 0.1) is 11.8 Å². The zero-order valence-electron chi connectivity index (χ0n) is 25.1. The lowest BCUT2D eigenvalue weighted by atomic mass is 9.88. The molecule has 0 aliphatic carbocycles. The lowest BCUT2D eigenvalue weighted by Crippen LogP contribution is -2.16. The number of fused-ring (bicyclic) bond motifs is 5. The van der Waals surface area contributed by atoms with Crippen LogP contribution in [0.3, 0.4) is 0 Å². The van der Waals surface area contributed by atoms with Gasteiger partial charge in [0, 0.05) is 35.2 Å². The van der Waals surface area contributed by atoms with Crippen molar-refractivity contribution in [3.8, 4) is 0 Å². The summed E-state index contributed by atoms with van der Waals surface area (Å²) in [6.07, 6.45) is 10.3. The Morgan fingerprint density at radius 3 is 2.26 bits per heavy atom. The molecule has 218 valence electrons. The number of nitrogens with one attached hydrogen (secondary N) is 1. The zero-order chi connectivity index (χ0) is 30.3. The molecule has 0 amide bonds. The smallest absolute Gasteiger partial charge is 0.340 e. The van der Waals surface area contributed by atoms with E-state index in [9.17, 15) is 14.7 Å². The second-order valence-electron chi connectivity index (χ2n) is 10.9. The number of aliphatic hydroxyl groups excluding tert-OH is 1. The predicted octanol–water partition coefficient (Wildman–Crippen LogP) is 5.64. The Bertz CT molecular complexity index is 1630. The minimum absolute atomic E-state index is 0.00132. The highest BCUT2D eigenvalue weighted by molar-refractivity contribution is 6.28. The van der Waals surface area contributed by atoms with Crippen LogP contribution in [-0.2, 0) is 19.1 Å². The van der Waals surface area contributed by atoms with E-state index in [2.05, 4.69) is 19.2 Å². The van der Waals surface area contributed by atoms with Crippen molar-refractivity contribution in [1.82, 2.24) is 5.32 Å². The molecular weight excluding hydrogens is 532 g/mol. The van der Waals surface area contributed by atoms with E-state index in [4.69, 9.17) is 24.5 Å². The molecule has 42 heavy (non-hydrogen) atoms. The van der Waals surface area contributed by atoms with Crippen molar-refractivity contribution < 1.29 is 24.2 Å². The molecule has 0 aromatic heterocycles. The van der Waals surface area contributed by atoms with E-state index in [1.807, 2.05) is 45.1 Å². The van der Waals surface area contributed by atoms with E-state index in [0.29, 0.717) is 40.3 Å². The number of aliphatic hydroxyl groups is 1. The largest absolute Gasteiger partial charge is 0.515 e. The van der Waals surface area contributed by atoms with Crippen molar-refractivity contribution >= 4 is 29.1 Å². The van der Waals surface area contributed by atoms with Gasteiger partial charge in [-0.25, -0.2) is 19.8 Å². The van der Waals surface area contributed by atoms with Crippen LogP contribution in [0.1, 0.15) is 53.9 Å². The number of nitrogens with zero attached hydrogens (tertiary/aromatic N) is 3. The Labute approximate surface area is 245 Å². The molecule has 8 bridgehead atoms. The van der Waals surface area contributed by atoms with Crippen molar-refractivity contribution in [3.63, 3.8) is 0 Å². The number of esters is 2. The van der Waals surface area contributed by atoms with E-state index < -0.39 is 5.97 Å². The van der Waals surface area contributed by atoms with Gasteiger partial charge in [0.05, 0.1) is 60.3 Å². The molecule has 0 spiro atoms. The Kier molecular flexibility index (Phi) is 7.86. The quantitative estimate of drug-likeness (QED) is 0.327. The zero-order valence-corrected chi connectivity index (χ0v) is 25.1. The molecular formula is C33H36N4O5. The third kappa shape index (κ3) is 4.93. The van der Waals surface area contributed by atoms with Gasteiger partial charge in [-0.2, -0.15) is 0 Å². The summed E-state index contributed by atoms with van der Waals surface area (Å²) in [4.78, 5) is 39.9. The van der Waals surface area contributed by atoms with Gasteiger partial charge in [0.1, 0.15) is 0 Å². The van der Waals surface area contributed by atoms with E-state index >= 15 is 0 Å². The first-order chi connectivity index (χ1) is 20.1. The molecule has 0 saturated carbocycles. The van der Waals surface area contributed by atoms with Crippen LogP contribution in [0.2, 0.25) is 0 Å². The molecule has 1 saturated heterocycles. The summed E-state index contributed by atoms with van der Waals surface area (Å²) >= 11 is 0. The first-order valence-corrected chi connectivity index (χ1v) is 14.1. The summed E-state index contributed by atoms with van der Waals surface area (Å²) in [6, 6.07) is 0. The summed E-state index contributed by atoms with van der Waals surface area (Å²) in [7, 11) is 2.75. The lowest BCUT2D eigenvalue weighted by molar-refractivity contribution is -0.141. The van der Waals surface area contributed by atoms with Crippen LogP contribution in [-0.4, -0.2) is 48.4 Å². The van der Waals surface area contributed by atoms with Gasteiger partial charge in [-0.15, -0.1) is 0 Å². The Hall–Kier alpha value is -4.53. The summed E-state index contributed by atoms with van der Waals surface area (Å²) < 4.78 is 10.1. The van der Waals surface area contributed by atoms with Crippen LogP contribution in [0.4, 0.5) is 0 Å². The fraction of sp³-hybridized carbons (Fsp3) is 0.364. The van der Waals surface area contributed by atoms with E-state index in [-0.39, 0.29) is 24.2 Å². The highest BCUT2D eigenvalue weighted by Gasteiger charge is 2.36. The highest BCUT2D eigenvalue weighted by Crippen LogP contribution is 2.40. The first-order valence-electron chi connectivity index (χ1n) is 14.1. The van der Waals surface area contributed by atoms with Crippen molar-refractivity contribution in [2.45, 2.75) is 53.9 Å². The molecule has 9 heteroatoms. The number of methoxy groups -OCH3 is 2. The third-order valence-corrected chi connectivity index (χ3v) is 8.62. The average molecular weight is 569 g/mol. The minimum Gasteiger partial charge on any atom is -0.515 e. The van der Waals surface area contributed by atoms with Crippen LogP contribution in [0.15, 0.2) is 107 Å². The number of aliphatic imine (C=N–C) groups is 3. The number of hydrogen-bond acceptors (Lipinski definition) is 9. The number of allylic oxidation sites excluding steroid dienone is 11. The number of rotatable bonds is 5. The van der Waals surface area contributed by atoms with Crippen molar-refractivity contribution in [3.05, 3.63) is 92.5 Å². The van der Waals surface area contributed by atoms with E-state index in [1.54, 1.807) is 0 Å². The van der Waals surface area contributed by atoms with Gasteiger partial charge >= 0.3 is 11.9 Å². The van der Waals surface area contributed by atoms with Crippen LogP contribution < -0.4 is 5.32 Å². The van der Waals surface area contributed by atoms with Crippen molar-refractivity contribution in [2.24, 2.45) is 26.8 Å². The molecule has 5 heterocycles. The third-order valence-electron chi connectivity index (χ3n) is 8.62. The monoisotopic (exact) mass is 568 g/mol. The van der Waals surface area contributed by atoms with E-state index in [1.165, 1.54) is 14.2 Å². The second kappa shape index (κ2) is 11.4. The highest BCUT2D eigenvalue weighted by atomic mass is 16.5. The van der Waals surface area contributed by atoms with Gasteiger partial charge < -0.3 is 19.9 Å². The molecule has 0 aromatic carbocycles. The molecule has 0 radical (unpaired) electrons. The minimum atomic E-state index is -0.467. The first kappa shape index (κ1) is 29.0. The van der Waals surface area contributed by atoms with Gasteiger partial charge in [0.25, 0.3) is 0 Å². The number of carbonyl (C=O) groups is 2. The molecule has 0 aromatic rings. The summed E-state index contributed by atoms with van der Waals surface area (Å²) in [5.41, 5.74) is 10.4. The molecule has 0 unspecified atom stereocenters. The normalized spacial score (nSPS) is 24.2.